The number of carbonyl (C=O) groups excluding carboxylic acids is 4. The lowest BCUT2D eigenvalue weighted by Crippen LogP contribution is -2.22. The molecular formula is C36H42N12O5. The molecule has 0 aliphatic rings. The Bertz CT molecular complexity index is 2200. The Kier molecular flexibility index (Phi) is 10.4. The van der Waals surface area contributed by atoms with Crippen LogP contribution < -0.4 is 22.1 Å². The minimum absolute atomic E-state index is 0.292. The molecule has 0 spiro atoms. The normalized spacial score (nSPS) is 11.5. The summed E-state index contributed by atoms with van der Waals surface area (Å²) in [6, 6.07) is 13.4. The van der Waals surface area contributed by atoms with Gasteiger partial charge in [0, 0.05) is 44.4 Å². The van der Waals surface area contributed by atoms with Gasteiger partial charge in [-0.1, -0.05) is 0 Å². The van der Waals surface area contributed by atoms with Gasteiger partial charge < -0.3 is 25.3 Å². The van der Waals surface area contributed by atoms with E-state index in [-0.39, 0.29) is 17.9 Å². The highest BCUT2D eigenvalue weighted by atomic mass is 16.5. The summed E-state index contributed by atoms with van der Waals surface area (Å²) >= 11 is 0. The van der Waals surface area contributed by atoms with Crippen LogP contribution in [0.5, 0.6) is 0 Å². The molecular weight excluding hydrogens is 680 g/mol. The molecule has 2 aromatic carbocycles. The van der Waals surface area contributed by atoms with Gasteiger partial charge in [0.2, 0.25) is 23.7 Å². The van der Waals surface area contributed by atoms with E-state index < -0.39 is 11.8 Å². The van der Waals surface area contributed by atoms with E-state index in [9.17, 15) is 19.2 Å². The fourth-order valence-electron chi connectivity index (χ4n) is 6.41. The molecule has 0 radical (unpaired) electrons. The average Bonchev–Trinajstić information content (AvgIpc) is 3.89. The van der Waals surface area contributed by atoms with Crippen LogP contribution >= 0.6 is 0 Å². The van der Waals surface area contributed by atoms with Gasteiger partial charge in [0.25, 0.3) is 11.8 Å². The number of hydrogen-bond acceptors (Lipinski definition) is 9. The summed E-state index contributed by atoms with van der Waals surface area (Å²) in [4.78, 5) is 60.1. The largest absolute Gasteiger partial charge is 0.381 e. The number of hydrogen-bond donors (Lipinski definition) is 4. The van der Waals surface area contributed by atoms with Crippen LogP contribution in [-0.2, 0) is 30.9 Å². The molecule has 4 aromatic heterocycles. The fraction of sp³-hybridized carbons (Fsp3) is 0.333. The number of amides is 4. The second-order valence-electron chi connectivity index (χ2n) is 12.6. The van der Waals surface area contributed by atoms with E-state index >= 15 is 0 Å². The highest BCUT2D eigenvalue weighted by molar-refractivity contribution is 6.04. The third kappa shape index (κ3) is 7.50. The molecule has 53 heavy (non-hydrogen) atoms. The highest BCUT2D eigenvalue weighted by Crippen LogP contribution is 2.26. The summed E-state index contributed by atoms with van der Waals surface area (Å²) < 4.78 is 12.9. The molecule has 4 heterocycles. The van der Waals surface area contributed by atoms with Crippen molar-refractivity contribution in [1.29, 1.82) is 0 Å². The molecule has 4 amide bonds. The molecule has 0 saturated carbocycles. The highest BCUT2D eigenvalue weighted by Gasteiger charge is 2.22. The van der Waals surface area contributed by atoms with Gasteiger partial charge in [-0.25, -0.2) is 9.97 Å². The SMILES string of the molecule is CCn1nc(C)cc1C(=O)Nc1nc2cc(C(N)=O)ccc2n1CCC(CCn1c(NC(=O)c2cc(C)nn2CC)nc2cc(C(N)=O)ccc21)OC. The molecule has 0 atom stereocenters. The number of carbonyl (C=O) groups is 4. The van der Waals surface area contributed by atoms with Crippen LogP contribution in [0.4, 0.5) is 11.9 Å². The van der Waals surface area contributed by atoms with E-state index in [1.807, 2.05) is 36.8 Å². The van der Waals surface area contributed by atoms with Crippen molar-refractivity contribution in [3.05, 3.63) is 82.4 Å². The van der Waals surface area contributed by atoms with Crippen LogP contribution in [-0.4, -0.2) is 75.5 Å². The lowest BCUT2D eigenvalue weighted by Gasteiger charge is -2.19. The number of fused-ring (bicyclic) bond motifs is 2. The molecule has 17 heteroatoms. The Labute approximate surface area is 304 Å². The van der Waals surface area contributed by atoms with Gasteiger partial charge in [0.05, 0.1) is 39.6 Å². The van der Waals surface area contributed by atoms with Gasteiger partial charge in [0.15, 0.2) is 0 Å². The first-order valence-corrected chi connectivity index (χ1v) is 17.2. The molecule has 0 saturated heterocycles. The topological polar surface area (TPSA) is 225 Å². The molecule has 6 N–H and O–H groups in total. The van der Waals surface area contributed by atoms with Crippen LogP contribution in [0.3, 0.4) is 0 Å². The average molecular weight is 723 g/mol. The number of nitrogens with zero attached hydrogens (tertiary/aromatic N) is 8. The smallest absolute Gasteiger partial charge is 0.276 e. The van der Waals surface area contributed by atoms with Crippen molar-refractivity contribution in [2.45, 2.75) is 72.8 Å². The summed E-state index contributed by atoms with van der Waals surface area (Å²) in [6.45, 7) is 9.25. The number of ether oxygens (including phenoxy) is 1. The van der Waals surface area contributed by atoms with Crippen molar-refractivity contribution in [2.24, 2.45) is 11.5 Å². The Morgan fingerprint density at radius 3 is 1.47 bits per heavy atom. The maximum absolute atomic E-state index is 13.4. The summed E-state index contributed by atoms with van der Waals surface area (Å²) in [5.74, 6) is -1.34. The summed E-state index contributed by atoms with van der Waals surface area (Å²) in [6.07, 6.45) is 0.715. The molecule has 0 aliphatic carbocycles. The third-order valence-electron chi connectivity index (χ3n) is 9.07. The van der Waals surface area contributed by atoms with Crippen LogP contribution in [0, 0.1) is 13.8 Å². The van der Waals surface area contributed by atoms with E-state index in [2.05, 4.69) is 30.8 Å². The van der Waals surface area contributed by atoms with Crippen LogP contribution in [0.25, 0.3) is 22.1 Å². The van der Waals surface area contributed by atoms with E-state index in [4.69, 9.17) is 16.2 Å². The maximum atomic E-state index is 13.4. The van der Waals surface area contributed by atoms with Gasteiger partial charge >= 0.3 is 0 Å². The van der Waals surface area contributed by atoms with Gasteiger partial charge in [0.1, 0.15) is 11.4 Å². The number of aryl methyl sites for hydroxylation is 6. The number of benzene rings is 2. The molecule has 6 rings (SSSR count). The van der Waals surface area contributed by atoms with E-state index in [0.29, 0.717) is 107 Å². The van der Waals surface area contributed by atoms with Crippen LogP contribution in [0.2, 0.25) is 0 Å². The molecule has 17 nitrogen and oxygen atoms in total. The first kappa shape index (κ1) is 36.4. The van der Waals surface area contributed by atoms with Gasteiger partial charge in [-0.05, 0) is 89.1 Å². The minimum Gasteiger partial charge on any atom is -0.381 e. The predicted octanol–water partition coefficient (Wildman–Crippen LogP) is 3.63. The van der Waals surface area contributed by atoms with E-state index in [1.54, 1.807) is 65.0 Å². The van der Waals surface area contributed by atoms with Crippen molar-refractivity contribution >= 4 is 57.6 Å². The zero-order valence-corrected chi connectivity index (χ0v) is 30.2. The molecule has 0 unspecified atom stereocenters. The van der Waals surface area contributed by atoms with Crippen molar-refractivity contribution in [1.82, 2.24) is 38.7 Å². The monoisotopic (exact) mass is 722 g/mol. The number of nitrogens with one attached hydrogen (secondary N) is 2. The predicted molar refractivity (Wildman–Crippen MR) is 198 cm³/mol. The Morgan fingerprint density at radius 2 is 1.11 bits per heavy atom. The first-order chi connectivity index (χ1) is 25.4. The number of nitrogens with two attached hydrogens (primary N) is 2. The van der Waals surface area contributed by atoms with Crippen LogP contribution in [0.15, 0.2) is 48.5 Å². The van der Waals surface area contributed by atoms with Crippen molar-refractivity contribution in [2.75, 3.05) is 17.7 Å². The Morgan fingerprint density at radius 1 is 0.698 bits per heavy atom. The van der Waals surface area contributed by atoms with Crippen molar-refractivity contribution < 1.29 is 23.9 Å². The lowest BCUT2D eigenvalue weighted by atomic mass is 10.1. The summed E-state index contributed by atoms with van der Waals surface area (Å²) in [5.41, 5.74) is 16.3. The van der Waals surface area contributed by atoms with Gasteiger partial charge in [-0.3, -0.25) is 39.2 Å². The maximum Gasteiger partial charge on any atom is 0.276 e. The number of methoxy groups -OCH3 is 1. The molecule has 6 aromatic rings. The van der Waals surface area contributed by atoms with Gasteiger partial charge in [-0.15, -0.1) is 0 Å². The molecule has 0 bridgehead atoms. The zero-order chi connectivity index (χ0) is 38.0. The lowest BCUT2D eigenvalue weighted by molar-refractivity contribution is 0.0811. The molecule has 276 valence electrons. The number of imidazole rings is 2. The quantitative estimate of drug-likeness (QED) is 0.121. The minimum atomic E-state index is -0.589. The second-order valence-corrected chi connectivity index (χ2v) is 12.6. The standard InChI is InChI=1S/C36H42N12O5/c1-6-47-29(16-20(3)43-47)33(51)41-35-39-25-18-22(31(37)49)8-10-27(25)45(35)14-12-24(53-5)13-15-46-28-11-9-23(32(38)50)19-26(28)40-36(46)42-34(52)30-17-21(4)44-48(30)7-2/h8-11,16-19,24H,6-7,12-15H2,1-5H3,(H2,37,49)(H2,38,50)(H,39,41,51)(H,40,42,52). The van der Waals surface area contributed by atoms with E-state index in [1.165, 1.54) is 0 Å². The van der Waals surface area contributed by atoms with E-state index in [0.717, 1.165) is 0 Å². The fourth-order valence-corrected chi connectivity index (χ4v) is 6.41. The summed E-state index contributed by atoms with van der Waals surface area (Å²) in [5, 5.41) is 14.6. The second kappa shape index (κ2) is 15.1. The molecule has 0 aliphatic heterocycles. The summed E-state index contributed by atoms with van der Waals surface area (Å²) in [7, 11) is 1.62. The first-order valence-electron chi connectivity index (χ1n) is 17.2. The number of primary amides is 2. The van der Waals surface area contributed by atoms with Crippen LogP contribution in [0.1, 0.15) is 79.8 Å². The molecule has 0 fully saturated rings. The number of rotatable bonds is 15. The number of aromatic nitrogens is 8. The Hall–Kier alpha value is -6.36. The van der Waals surface area contributed by atoms with Crippen molar-refractivity contribution in [3.63, 3.8) is 0 Å². The van der Waals surface area contributed by atoms with Crippen molar-refractivity contribution in [3.8, 4) is 0 Å². The third-order valence-corrected chi connectivity index (χ3v) is 9.07. The zero-order valence-electron chi connectivity index (χ0n) is 30.2. The number of anilines is 2. The Balaban J connectivity index is 1.26. The van der Waals surface area contributed by atoms with Gasteiger partial charge in [-0.2, -0.15) is 10.2 Å².